The first kappa shape index (κ1) is 31.1. The maximum Gasteiger partial charge on any atom is 0.256 e. The van der Waals surface area contributed by atoms with Crippen molar-refractivity contribution in [2.45, 2.75) is 53.0 Å². The molecule has 1 aliphatic carbocycles. The standard InChI is InChI=1S/C32H42N6O3S/c1-8-22(2)21-34-32-30(24(4)33)31(25-14-13-23(3)29(19-25)41-7)35-38(32)28-12-9-11-27(20-28)37(6)42(39,40)18-10-17-36(5)26-15-16-26/h9-14,18-21,26,33-34H,8,15-17H2,1-7H3/b18-10+,22-21?,33-24?. The van der Waals surface area contributed by atoms with Crippen molar-refractivity contribution >= 4 is 27.2 Å². The summed E-state index contributed by atoms with van der Waals surface area (Å²) < 4.78 is 34.9. The lowest BCUT2D eigenvalue weighted by atomic mass is 10.0. The number of nitrogens with one attached hydrogen (secondary N) is 2. The lowest BCUT2D eigenvalue weighted by molar-refractivity contribution is 0.360. The molecular formula is C32H42N6O3S. The van der Waals surface area contributed by atoms with Gasteiger partial charge in [0.25, 0.3) is 10.0 Å². The number of hydrogen-bond donors (Lipinski definition) is 2. The van der Waals surface area contributed by atoms with E-state index < -0.39 is 10.0 Å². The third-order valence-electron chi connectivity index (χ3n) is 7.61. The fourth-order valence-corrected chi connectivity index (χ4v) is 5.53. The minimum absolute atomic E-state index is 0.345. The molecular weight excluding hydrogens is 548 g/mol. The molecule has 0 spiro atoms. The smallest absolute Gasteiger partial charge is 0.256 e. The average molecular weight is 591 g/mol. The predicted molar refractivity (Wildman–Crippen MR) is 173 cm³/mol. The van der Waals surface area contributed by atoms with Gasteiger partial charge < -0.3 is 15.5 Å². The summed E-state index contributed by atoms with van der Waals surface area (Å²) >= 11 is 0. The molecule has 1 aliphatic rings. The number of benzene rings is 2. The molecule has 0 unspecified atom stereocenters. The maximum absolute atomic E-state index is 13.2. The Bertz CT molecular complexity index is 1620. The SMILES string of the molecule is CCC(C)=CNc1c(C(C)=N)c(-c2ccc(C)c(OC)c2)nn1-c1cccc(N(C)S(=O)(=O)/C=C/CN(C)C2CC2)c1. The van der Waals surface area contributed by atoms with E-state index in [-0.39, 0.29) is 0 Å². The summed E-state index contributed by atoms with van der Waals surface area (Å²) in [4.78, 5) is 2.16. The van der Waals surface area contributed by atoms with Crippen molar-refractivity contribution in [1.29, 1.82) is 5.41 Å². The molecule has 1 fully saturated rings. The molecule has 1 aromatic heterocycles. The Hall–Kier alpha value is -3.89. The third kappa shape index (κ3) is 6.94. The summed E-state index contributed by atoms with van der Waals surface area (Å²) in [6, 6.07) is 13.7. The Labute approximate surface area is 250 Å². The van der Waals surface area contributed by atoms with Gasteiger partial charge in [-0.15, -0.1) is 0 Å². The number of nitrogens with zero attached hydrogens (tertiary/aromatic N) is 4. The van der Waals surface area contributed by atoms with Crippen molar-refractivity contribution in [3.8, 4) is 22.7 Å². The van der Waals surface area contributed by atoms with E-state index in [0.717, 1.165) is 28.9 Å². The second-order valence-corrected chi connectivity index (χ2v) is 12.7. The first-order chi connectivity index (χ1) is 20.0. The number of allylic oxidation sites excluding steroid dienone is 1. The number of hydrogen-bond acceptors (Lipinski definition) is 7. The summed E-state index contributed by atoms with van der Waals surface area (Å²) in [6.07, 6.45) is 6.82. The van der Waals surface area contributed by atoms with Crippen LogP contribution >= 0.6 is 0 Å². The van der Waals surface area contributed by atoms with Crippen LogP contribution in [0.1, 0.15) is 51.2 Å². The highest BCUT2D eigenvalue weighted by molar-refractivity contribution is 7.95. The number of methoxy groups -OCH3 is 1. The molecule has 42 heavy (non-hydrogen) atoms. The summed E-state index contributed by atoms with van der Waals surface area (Å²) in [6.45, 7) is 8.42. The Morgan fingerprint density at radius 3 is 2.57 bits per heavy atom. The molecule has 10 heteroatoms. The van der Waals surface area contributed by atoms with Crippen LogP contribution in [0.4, 0.5) is 11.5 Å². The number of aromatic nitrogens is 2. The fraction of sp³-hybridized carbons (Fsp3) is 0.375. The maximum atomic E-state index is 13.2. The number of rotatable bonds is 13. The van der Waals surface area contributed by atoms with Crippen molar-refractivity contribution in [2.75, 3.05) is 37.4 Å². The number of ether oxygens (including phenoxy) is 1. The zero-order valence-electron chi connectivity index (χ0n) is 25.6. The van der Waals surface area contributed by atoms with E-state index in [9.17, 15) is 8.42 Å². The summed E-state index contributed by atoms with van der Waals surface area (Å²) in [5, 5.41) is 18.3. The van der Waals surface area contributed by atoms with Crippen LogP contribution in [-0.4, -0.2) is 62.6 Å². The molecule has 0 bridgehead atoms. The molecule has 0 atom stereocenters. The topological polar surface area (TPSA) is 104 Å². The molecule has 1 heterocycles. The van der Waals surface area contributed by atoms with Gasteiger partial charge in [-0.25, -0.2) is 13.1 Å². The molecule has 4 rings (SSSR count). The Balaban J connectivity index is 1.78. The van der Waals surface area contributed by atoms with Crippen LogP contribution in [-0.2, 0) is 10.0 Å². The molecule has 0 amide bonds. The van der Waals surface area contributed by atoms with E-state index >= 15 is 0 Å². The van der Waals surface area contributed by atoms with Gasteiger partial charge >= 0.3 is 0 Å². The lowest BCUT2D eigenvalue weighted by Gasteiger charge is -2.19. The monoisotopic (exact) mass is 590 g/mol. The van der Waals surface area contributed by atoms with Crippen LogP contribution in [0.5, 0.6) is 5.75 Å². The van der Waals surface area contributed by atoms with Gasteiger partial charge in [-0.2, -0.15) is 5.10 Å². The first-order valence-corrected chi connectivity index (χ1v) is 15.7. The molecule has 2 N–H and O–H groups in total. The van der Waals surface area contributed by atoms with Crippen LogP contribution in [0.25, 0.3) is 16.9 Å². The number of aryl methyl sites for hydroxylation is 1. The Kier molecular flexibility index (Phi) is 9.58. The van der Waals surface area contributed by atoms with Crippen LogP contribution in [0, 0.1) is 12.3 Å². The van der Waals surface area contributed by atoms with Gasteiger partial charge in [0.2, 0.25) is 0 Å². The third-order valence-corrected chi connectivity index (χ3v) is 9.12. The van der Waals surface area contributed by atoms with E-state index in [4.69, 9.17) is 15.2 Å². The number of likely N-dealkylation sites (N-methyl/N-ethyl adjacent to an activating group) is 1. The highest BCUT2D eigenvalue weighted by Gasteiger charge is 2.26. The second-order valence-electron chi connectivity index (χ2n) is 10.9. The normalized spacial score (nSPS) is 14.0. The Morgan fingerprint density at radius 1 is 1.19 bits per heavy atom. The van der Waals surface area contributed by atoms with Gasteiger partial charge in [-0.05, 0) is 76.9 Å². The molecule has 0 radical (unpaired) electrons. The van der Waals surface area contributed by atoms with Crippen LogP contribution in [0.15, 0.2) is 65.7 Å². The Morgan fingerprint density at radius 2 is 1.93 bits per heavy atom. The van der Waals surface area contributed by atoms with Crippen LogP contribution < -0.4 is 14.4 Å². The summed E-state index contributed by atoms with van der Waals surface area (Å²) in [5.74, 6) is 1.35. The van der Waals surface area contributed by atoms with Crippen molar-refractivity contribution in [2.24, 2.45) is 0 Å². The molecule has 0 saturated heterocycles. The fourth-order valence-electron chi connectivity index (χ4n) is 4.61. The second kappa shape index (κ2) is 13.0. The van der Waals surface area contributed by atoms with Gasteiger partial charge in [0.15, 0.2) is 0 Å². The molecule has 3 aromatic rings. The quantitative estimate of drug-likeness (QED) is 0.225. The van der Waals surface area contributed by atoms with Gasteiger partial charge in [0, 0.05) is 42.5 Å². The van der Waals surface area contributed by atoms with Gasteiger partial charge in [0.05, 0.1) is 24.0 Å². The van der Waals surface area contributed by atoms with Crippen molar-refractivity contribution in [1.82, 2.24) is 14.7 Å². The molecule has 0 aliphatic heterocycles. The molecule has 2 aromatic carbocycles. The summed E-state index contributed by atoms with van der Waals surface area (Å²) in [5.41, 5.74) is 5.72. The van der Waals surface area contributed by atoms with E-state index in [2.05, 4.69) is 17.1 Å². The van der Waals surface area contributed by atoms with E-state index in [0.29, 0.717) is 46.7 Å². The highest BCUT2D eigenvalue weighted by Crippen LogP contribution is 2.35. The molecule has 1 saturated carbocycles. The molecule has 224 valence electrons. The van der Waals surface area contributed by atoms with Crippen molar-refractivity contribution < 1.29 is 13.2 Å². The van der Waals surface area contributed by atoms with Crippen molar-refractivity contribution in [3.05, 3.63) is 76.8 Å². The van der Waals surface area contributed by atoms with E-state index in [1.54, 1.807) is 44.0 Å². The van der Waals surface area contributed by atoms with Crippen LogP contribution in [0.2, 0.25) is 0 Å². The van der Waals surface area contributed by atoms with Gasteiger partial charge in [-0.1, -0.05) is 36.8 Å². The predicted octanol–water partition coefficient (Wildman–Crippen LogP) is 6.34. The largest absolute Gasteiger partial charge is 0.496 e. The highest BCUT2D eigenvalue weighted by atomic mass is 32.2. The zero-order valence-corrected chi connectivity index (χ0v) is 26.4. The van der Waals surface area contributed by atoms with Gasteiger partial charge in [0.1, 0.15) is 17.3 Å². The molecule has 9 nitrogen and oxygen atoms in total. The average Bonchev–Trinajstić information content (AvgIpc) is 3.76. The minimum Gasteiger partial charge on any atom is -0.496 e. The minimum atomic E-state index is -3.70. The zero-order chi connectivity index (χ0) is 30.6. The van der Waals surface area contributed by atoms with Crippen LogP contribution in [0.3, 0.4) is 0 Å². The number of sulfonamides is 1. The first-order valence-electron chi connectivity index (χ1n) is 14.2. The van der Waals surface area contributed by atoms with E-state index in [1.807, 2.05) is 57.4 Å². The lowest BCUT2D eigenvalue weighted by Crippen LogP contribution is -2.25. The van der Waals surface area contributed by atoms with E-state index in [1.165, 1.54) is 22.6 Å². The number of anilines is 2. The van der Waals surface area contributed by atoms with Crippen molar-refractivity contribution in [3.63, 3.8) is 0 Å². The summed E-state index contributed by atoms with van der Waals surface area (Å²) in [7, 11) is 1.50. The van der Waals surface area contributed by atoms with Gasteiger partial charge in [-0.3, -0.25) is 9.21 Å².